The van der Waals surface area contributed by atoms with E-state index in [1.54, 1.807) is 6.92 Å². The summed E-state index contributed by atoms with van der Waals surface area (Å²) in [7, 11) is 0. The Morgan fingerprint density at radius 1 is 1.53 bits per heavy atom. The van der Waals surface area contributed by atoms with E-state index >= 15 is 0 Å². The number of carbonyl (C=O) groups excluding carboxylic acids is 1. The standard InChI is InChI=1S/C12H16N2O3/c1-6-16-11(15)7-8(14-5)10(13)17-9(7)12(2,3)4/h6,13H2,1-4H3. The van der Waals surface area contributed by atoms with E-state index in [0.29, 0.717) is 5.76 Å². The SMILES string of the molecule is [C-]#[N+]c1c(N)oc(C(C)(C)C)c1C(=O)OCC. The highest BCUT2D eigenvalue weighted by Gasteiger charge is 2.32. The quantitative estimate of drug-likeness (QED) is 0.633. The van der Waals surface area contributed by atoms with Crippen molar-refractivity contribution in [1.29, 1.82) is 0 Å². The summed E-state index contributed by atoms with van der Waals surface area (Å²) in [6.45, 7) is 14.6. The molecule has 0 aliphatic rings. The Morgan fingerprint density at radius 3 is 2.53 bits per heavy atom. The predicted octanol–water partition coefficient (Wildman–Crippen LogP) is 2.89. The fraction of sp³-hybridized carbons (Fsp3) is 0.500. The van der Waals surface area contributed by atoms with Crippen molar-refractivity contribution in [2.75, 3.05) is 12.3 Å². The van der Waals surface area contributed by atoms with E-state index in [-0.39, 0.29) is 23.7 Å². The molecule has 5 heteroatoms. The maximum absolute atomic E-state index is 11.8. The number of carbonyl (C=O) groups is 1. The minimum absolute atomic E-state index is 0.0343. The molecule has 17 heavy (non-hydrogen) atoms. The van der Waals surface area contributed by atoms with Crippen LogP contribution in [0, 0.1) is 6.57 Å². The minimum atomic E-state index is -0.566. The second kappa shape index (κ2) is 4.50. The second-order valence-corrected chi connectivity index (χ2v) is 4.60. The summed E-state index contributed by atoms with van der Waals surface area (Å²) in [6.07, 6.45) is 0. The van der Waals surface area contributed by atoms with Gasteiger partial charge >= 0.3 is 5.97 Å². The van der Waals surface area contributed by atoms with Crippen LogP contribution in [-0.2, 0) is 10.2 Å². The van der Waals surface area contributed by atoms with Crippen LogP contribution in [0.3, 0.4) is 0 Å². The average Bonchev–Trinajstić information content (AvgIpc) is 2.55. The van der Waals surface area contributed by atoms with Crippen molar-refractivity contribution in [2.45, 2.75) is 33.1 Å². The topological polar surface area (TPSA) is 69.8 Å². The molecule has 0 aromatic carbocycles. The van der Waals surface area contributed by atoms with Gasteiger partial charge in [-0.05, 0) is 6.92 Å². The molecule has 5 nitrogen and oxygen atoms in total. The van der Waals surface area contributed by atoms with Gasteiger partial charge in [-0.2, -0.15) is 0 Å². The molecule has 0 atom stereocenters. The maximum atomic E-state index is 11.8. The second-order valence-electron chi connectivity index (χ2n) is 4.60. The summed E-state index contributed by atoms with van der Waals surface area (Å²) >= 11 is 0. The molecule has 0 saturated carbocycles. The Bertz CT molecular complexity index is 475. The Morgan fingerprint density at radius 2 is 2.12 bits per heavy atom. The number of rotatable bonds is 2. The molecule has 0 unspecified atom stereocenters. The molecule has 2 N–H and O–H groups in total. The number of furan rings is 1. The molecule has 0 radical (unpaired) electrons. The van der Waals surface area contributed by atoms with Crippen LogP contribution in [0.1, 0.15) is 43.8 Å². The number of anilines is 1. The molecule has 0 fully saturated rings. The fourth-order valence-electron chi connectivity index (χ4n) is 1.47. The number of nitrogens with zero attached hydrogens (tertiary/aromatic N) is 1. The van der Waals surface area contributed by atoms with E-state index in [4.69, 9.17) is 21.5 Å². The van der Waals surface area contributed by atoms with Crippen LogP contribution in [-0.4, -0.2) is 12.6 Å². The van der Waals surface area contributed by atoms with Gasteiger partial charge in [0.1, 0.15) is 11.3 Å². The summed E-state index contributed by atoms with van der Waals surface area (Å²) in [5, 5.41) is 0. The van der Waals surface area contributed by atoms with Crippen molar-refractivity contribution >= 4 is 17.5 Å². The lowest BCUT2D eigenvalue weighted by molar-refractivity contribution is 0.0523. The van der Waals surface area contributed by atoms with Gasteiger partial charge in [0, 0.05) is 5.41 Å². The molecule has 1 aromatic heterocycles. The molecule has 1 heterocycles. The third-order valence-corrected chi connectivity index (χ3v) is 2.18. The highest BCUT2D eigenvalue weighted by atomic mass is 16.5. The van der Waals surface area contributed by atoms with Gasteiger partial charge in [-0.25, -0.2) is 9.64 Å². The lowest BCUT2D eigenvalue weighted by Crippen LogP contribution is -2.16. The van der Waals surface area contributed by atoms with Crippen molar-refractivity contribution in [3.8, 4) is 0 Å². The third-order valence-electron chi connectivity index (χ3n) is 2.18. The normalized spacial score (nSPS) is 11.0. The van der Waals surface area contributed by atoms with Gasteiger partial charge in [-0.1, -0.05) is 20.8 Å². The monoisotopic (exact) mass is 236 g/mol. The van der Waals surface area contributed by atoms with E-state index in [1.165, 1.54) is 0 Å². The van der Waals surface area contributed by atoms with Gasteiger partial charge in [-0.3, -0.25) is 0 Å². The highest BCUT2D eigenvalue weighted by Crippen LogP contribution is 2.39. The summed E-state index contributed by atoms with van der Waals surface area (Å²) < 4.78 is 10.3. The highest BCUT2D eigenvalue weighted by molar-refractivity contribution is 6.00. The Kier molecular flexibility index (Phi) is 3.47. The molecule has 1 aromatic rings. The Balaban J connectivity index is 3.44. The first kappa shape index (κ1) is 13.1. The fourth-order valence-corrected chi connectivity index (χ4v) is 1.47. The molecule has 0 amide bonds. The smallest absolute Gasteiger partial charge is 0.331 e. The number of nitrogens with two attached hydrogens (primary N) is 1. The zero-order valence-electron chi connectivity index (χ0n) is 10.5. The summed E-state index contributed by atoms with van der Waals surface area (Å²) in [6, 6.07) is 0. The number of hydrogen-bond donors (Lipinski definition) is 1. The van der Waals surface area contributed by atoms with Gasteiger partial charge in [0.25, 0.3) is 5.69 Å². The molecule has 0 aliphatic carbocycles. The molecule has 0 spiro atoms. The van der Waals surface area contributed by atoms with E-state index in [0.717, 1.165) is 0 Å². The number of hydrogen-bond acceptors (Lipinski definition) is 4. The molecule has 92 valence electrons. The molecule has 0 aliphatic heterocycles. The Labute approximate surface area is 100 Å². The van der Waals surface area contributed by atoms with E-state index in [1.807, 2.05) is 20.8 Å². The zero-order valence-corrected chi connectivity index (χ0v) is 10.5. The third kappa shape index (κ3) is 2.41. The van der Waals surface area contributed by atoms with E-state index in [9.17, 15) is 4.79 Å². The molecular formula is C12H16N2O3. The zero-order chi connectivity index (χ0) is 13.2. The number of esters is 1. The summed E-state index contributed by atoms with van der Waals surface area (Å²) in [5.41, 5.74) is 5.36. The van der Waals surface area contributed by atoms with Crippen LogP contribution in [0.15, 0.2) is 4.42 Å². The van der Waals surface area contributed by atoms with Crippen molar-refractivity contribution in [3.05, 3.63) is 22.7 Å². The largest absolute Gasteiger partial charge is 0.463 e. The predicted molar refractivity (Wildman–Crippen MR) is 64.0 cm³/mol. The molecule has 1 rings (SSSR count). The van der Waals surface area contributed by atoms with Crippen molar-refractivity contribution in [2.24, 2.45) is 0 Å². The van der Waals surface area contributed by atoms with Crippen LogP contribution < -0.4 is 5.73 Å². The minimum Gasteiger partial charge on any atom is -0.463 e. The van der Waals surface area contributed by atoms with Gasteiger partial charge in [0.15, 0.2) is 5.88 Å². The first-order valence-electron chi connectivity index (χ1n) is 5.30. The molecule has 0 bridgehead atoms. The van der Waals surface area contributed by atoms with Crippen LogP contribution in [0.4, 0.5) is 11.6 Å². The van der Waals surface area contributed by atoms with Crippen molar-refractivity contribution < 1.29 is 13.9 Å². The van der Waals surface area contributed by atoms with E-state index < -0.39 is 11.4 Å². The van der Waals surface area contributed by atoms with Crippen LogP contribution >= 0.6 is 0 Å². The van der Waals surface area contributed by atoms with Gasteiger partial charge in [0.2, 0.25) is 0 Å². The lowest BCUT2D eigenvalue weighted by atomic mass is 9.90. The van der Waals surface area contributed by atoms with Crippen LogP contribution in [0.5, 0.6) is 0 Å². The number of nitrogen functional groups attached to an aromatic ring is 1. The lowest BCUT2D eigenvalue weighted by Gasteiger charge is -2.16. The first-order chi connectivity index (χ1) is 7.82. The van der Waals surface area contributed by atoms with Crippen molar-refractivity contribution in [3.63, 3.8) is 0 Å². The molecule has 0 saturated heterocycles. The first-order valence-corrected chi connectivity index (χ1v) is 5.30. The summed E-state index contributed by atoms with van der Waals surface area (Å²) in [4.78, 5) is 15.1. The van der Waals surface area contributed by atoms with Gasteiger partial charge < -0.3 is 14.9 Å². The maximum Gasteiger partial charge on any atom is 0.331 e. The van der Waals surface area contributed by atoms with E-state index in [2.05, 4.69) is 4.85 Å². The summed E-state index contributed by atoms with van der Waals surface area (Å²) in [5.74, 6) is -0.212. The number of ether oxygens (including phenoxy) is 1. The van der Waals surface area contributed by atoms with Crippen molar-refractivity contribution in [1.82, 2.24) is 0 Å². The van der Waals surface area contributed by atoms with Gasteiger partial charge in [0.05, 0.1) is 13.2 Å². The Hall–Kier alpha value is -1.96. The van der Waals surface area contributed by atoms with Crippen LogP contribution in [0.25, 0.3) is 4.85 Å². The van der Waals surface area contributed by atoms with Gasteiger partial charge in [-0.15, -0.1) is 0 Å². The van der Waals surface area contributed by atoms with Crippen LogP contribution in [0.2, 0.25) is 0 Å². The molecular weight excluding hydrogens is 220 g/mol. The average molecular weight is 236 g/mol.